The smallest absolute Gasteiger partial charge is 0.118 e. The topological polar surface area (TPSA) is 55.1 Å². The molecule has 0 amide bonds. The lowest BCUT2D eigenvalue weighted by atomic mass is 9.58. The minimum Gasteiger partial charge on any atom is -0.379 e. The van der Waals surface area contributed by atoms with Gasteiger partial charge in [-0.2, -0.15) is 5.26 Å². The van der Waals surface area contributed by atoms with Gasteiger partial charge in [0.15, 0.2) is 0 Å². The Balaban J connectivity index is 2.04. The summed E-state index contributed by atoms with van der Waals surface area (Å²) in [4.78, 5) is 4.01. The molecule has 0 unspecified atom stereocenters. The van der Waals surface area contributed by atoms with E-state index in [1.807, 2.05) is 12.1 Å². The third-order valence-corrected chi connectivity index (χ3v) is 3.76. The average molecular weight is 216 g/mol. The van der Waals surface area contributed by atoms with Crippen molar-refractivity contribution in [3.8, 4) is 6.07 Å². The van der Waals surface area contributed by atoms with Crippen molar-refractivity contribution in [2.24, 2.45) is 5.41 Å². The molecular formula is C12H12N2O2. The largest absolute Gasteiger partial charge is 0.379 e. The first-order valence-electron chi connectivity index (χ1n) is 5.30. The van der Waals surface area contributed by atoms with Crippen molar-refractivity contribution in [2.45, 2.75) is 5.41 Å². The van der Waals surface area contributed by atoms with Crippen molar-refractivity contribution in [2.75, 3.05) is 26.4 Å². The maximum atomic E-state index is 9.40. The van der Waals surface area contributed by atoms with Crippen LogP contribution in [0.15, 0.2) is 24.5 Å². The van der Waals surface area contributed by atoms with Crippen LogP contribution in [0.5, 0.6) is 0 Å². The molecule has 3 rings (SSSR count). The highest BCUT2D eigenvalue weighted by Gasteiger charge is 2.61. The van der Waals surface area contributed by atoms with Gasteiger partial charge < -0.3 is 9.47 Å². The first-order chi connectivity index (χ1) is 7.83. The summed E-state index contributed by atoms with van der Waals surface area (Å²) < 4.78 is 10.6. The van der Waals surface area contributed by atoms with E-state index >= 15 is 0 Å². The van der Waals surface area contributed by atoms with Gasteiger partial charge in [-0.3, -0.25) is 4.98 Å². The molecule has 3 heterocycles. The molecule has 0 radical (unpaired) electrons. The Bertz CT molecular complexity index is 430. The second-order valence-electron chi connectivity index (χ2n) is 4.50. The number of ether oxygens (including phenoxy) is 2. The van der Waals surface area contributed by atoms with E-state index < -0.39 is 5.41 Å². The Hall–Kier alpha value is -1.44. The second kappa shape index (κ2) is 3.27. The first kappa shape index (κ1) is 9.76. The highest BCUT2D eigenvalue weighted by molar-refractivity contribution is 5.35. The number of hydrogen-bond donors (Lipinski definition) is 0. The number of aromatic nitrogens is 1. The predicted molar refractivity (Wildman–Crippen MR) is 55.6 cm³/mol. The van der Waals surface area contributed by atoms with Crippen LogP contribution in [-0.2, 0) is 14.9 Å². The van der Waals surface area contributed by atoms with Crippen LogP contribution < -0.4 is 0 Å². The number of pyridine rings is 1. The van der Waals surface area contributed by atoms with E-state index in [1.54, 1.807) is 12.4 Å². The van der Waals surface area contributed by atoms with Gasteiger partial charge in [-0.15, -0.1) is 0 Å². The van der Waals surface area contributed by atoms with Crippen molar-refractivity contribution < 1.29 is 9.47 Å². The van der Waals surface area contributed by atoms with Gasteiger partial charge in [0.2, 0.25) is 0 Å². The molecule has 1 aromatic heterocycles. The maximum absolute atomic E-state index is 9.40. The molecule has 0 spiro atoms. The molecule has 4 nitrogen and oxygen atoms in total. The third kappa shape index (κ3) is 1.02. The molecular weight excluding hydrogens is 204 g/mol. The van der Waals surface area contributed by atoms with Gasteiger partial charge in [0.1, 0.15) is 5.41 Å². The number of nitriles is 1. The molecule has 2 saturated heterocycles. The van der Waals surface area contributed by atoms with E-state index in [0.717, 1.165) is 5.56 Å². The Morgan fingerprint density at radius 3 is 2.12 bits per heavy atom. The molecule has 0 aliphatic carbocycles. The van der Waals surface area contributed by atoms with Crippen LogP contribution in [0, 0.1) is 16.7 Å². The number of nitrogens with zero attached hydrogens (tertiary/aromatic N) is 2. The minimum absolute atomic E-state index is 0.192. The summed E-state index contributed by atoms with van der Waals surface area (Å²) in [6.07, 6.45) is 3.53. The van der Waals surface area contributed by atoms with E-state index in [2.05, 4.69) is 11.1 Å². The SMILES string of the molecule is N#CC1(C2(c3ccncc3)COC2)COC1. The minimum atomic E-state index is -0.410. The fourth-order valence-electron chi connectivity index (χ4n) is 2.45. The monoisotopic (exact) mass is 216 g/mol. The summed E-state index contributed by atoms with van der Waals surface area (Å²) in [5, 5.41) is 9.40. The number of rotatable bonds is 2. The van der Waals surface area contributed by atoms with Crippen molar-refractivity contribution in [3.63, 3.8) is 0 Å². The zero-order valence-corrected chi connectivity index (χ0v) is 8.85. The van der Waals surface area contributed by atoms with Crippen molar-refractivity contribution >= 4 is 0 Å². The average Bonchev–Trinajstić information content (AvgIpc) is 2.22. The molecule has 82 valence electrons. The summed E-state index contributed by atoms with van der Waals surface area (Å²) >= 11 is 0. The molecule has 0 aromatic carbocycles. The Labute approximate surface area is 93.8 Å². The molecule has 2 aliphatic rings. The van der Waals surface area contributed by atoms with Gasteiger partial charge in [-0.1, -0.05) is 0 Å². The molecule has 0 atom stereocenters. The fraction of sp³-hybridized carbons (Fsp3) is 0.500. The highest BCUT2D eigenvalue weighted by atomic mass is 16.5. The van der Waals surface area contributed by atoms with Crippen LogP contribution in [0.4, 0.5) is 0 Å². The summed E-state index contributed by atoms with van der Waals surface area (Å²) in [6.45, 7) is 2.23. The quantitative estimate of drug-likeness (QED) is 0.736. The van der Waals surface area contributed by atoms with E-state index in [1.165, 1.54) is 0 Å². The molecule has 16 heavy (non-hydrogen) atoms. The van der Waals surface area contributed by atoms with Gasteiger partial charge in [0.25, 0.3) is 0 Å². The summed E-state index contributed by atoms with van der Waals surface area (Å²) in [5.74, 6) is 0. The normalized spacial score (nSPS) is 24.9. The van der Waals surface area contributed by atoms with Crippen LogP contribution >= 0.6 is 0 Å². The Morgan fingerprint density at radius 2 is 1.75 bits per heavy atom. The first-order valence-corrected chi connectivity index (χ1v) is 5.30. The van der Waals surface area contributed by atoms with Gasteiger partial charge in [0, 0.05) is 12.4 Å². The molecule has 1 aromatic rings. The van der Waals surface area contributed by atoms with E-state index in [9.17, 15) is 5.26 Å². The lowest BCUT2D eigenvalue weighted by Gasteiger charge is -2.55. The van der Waals surface area contributed by atoms with Gasteiger partial charge in [-0.25, -0.2) is 0 Å². The summed E-state index contributed by atoms with van der Waals surface area (Å²) in [6, 6.07) is 6.38. The van der Waals surface area contributed by atoms with E-state index in [4.69, 9.17) is 9.47 Å². The fourth-order valence-corrected chi connectivity index (χ4v) is 2.45. The Morgan fingerprint density at radius 1 is 1.12 bits per heavy atom. The molecule has 0 N–H and O–H groups in total. The lowest BCUT2D eigenvalue weighted by Crippen LogP contribution is -2.66. The van der Waals surface area contributed by atoms with Gasteiger partial charge >= 0.3 is 0 Å². The van der Waals surface area contributed by atoms with E-state index in [0.29, 0.717) is 26.4 Å². The second-order valence-corrected chi connectivity index (χ2v) is 4.50. The predicted octanol–water partition coefficient (Wildman–Crippen LogP) is 0.890. The van der Waals surface area contributed by atoms with Crippen LogP contribution in [-0.4, -0.2) is 31.4 Å². The lowest BCUT2D eigenvalue weighted by molar-refractivity contribution is -0.201. The van der Waals surface area contributed by atoms with Crippen LogP contribution in [0.2, 0.25) is 0 Å². The van der Waals surface area contributed by atoms with Crippen molar-refractivity contribution in [1.82, 2.24) is 4.98 Å². The summed E-state index contributed by atoms with van der Waals surface area (Å²) in [7, 11) is 0. The Kier molecular flexibility index (Phi) is 2.00. The molecule has 0 saturated carbocycles. The molecule has 0 bridgehead atoms. The van der Waals surface area contributed by atoms with Gasteiger partial charge in [-0.05, 0) is 17.7 Å². The van der Waals surface area contributed by atoms with E-state index in [-0.39, 0.29) is 5.41 Å². The van der Waals surface area contributed by atoms with Crippen LogP contribution in [0.25, 0.3) is 0 Å². The standard InChI is InChI=1S/C12H12N2O2/c13-5-11(6-15-7-11)12(8-16-9-12)10-1-3-14-4-2-10/h1-4H,6-9H2. The maximum Gasteiger partial charge on any atom is 0.118 e. The van der Waals surface area contributed by atoms with Crippen LogP contribution in [0.3, 0.4) is 0 Å². The zero-order valence-electron chi connectivity index (χ0n) is 8.85. The summed E-state index contributed by atoms with van der Waals surface area (Å²) in [5.41, 5.74) is 0.536. The van der Waals surface area contributed by atoms with Crippen molar-refractivity contribution in [3.05, 3.63) is 30.1 Å². The third-order valence-electron chi connectivity index (χ3n) is 3.76. The highest BCUT2D eigenvalue weighted by Crippen LogP contribution is 2.51. The number of hydrogen-bond acceptors (Lipinski definition) is 4. The molecule has 2 fully saturated rings. The molecule has 2 aliphatic heterocycles. The van der Waals surface area contributed by atoms with Crippen molar-refractivity contribution in [1.29, 1.82) is 5.26 Å². The molecule has 4 heteroatoms. The zero-order chi connectivity index (χ0) is 11.1. The van der Waals surface area contributed by atoms with Crippen LogP contribution in [0.1, 0.15) is 5.56 Å². The van der Waals surface area contributed by atoms with Gasteiger partial charge in [0.05, 0.1) is 37.9 Å².